The standard InChI is InChI=1S/C14H29NO2/c1-7-8-17-10-12(16)9-15-14(5,6)11-13(2,3)4/h7,12,15-16H,1,8-11H2,2-6H3. The molecule has 0 aromatic heterocycles. The van der Waals surface area contributed by atoms with Crippen LogP contribution in [0.25, 0.3) is 0 Å². The van der Waals surface area contributed by atoms with Gasteiger partial charge in [-0.2, -0.15) is 0 Å². The summed E-state index contributed by atoms with van der Waals surface area (Å²) < 4.78 is 5.20. The van der Waals surface area contributed by atoms with Crippen molar-refractivity contribution in [3.05, 3.63) is 12.7 Å². The second kappa shape index (κ2) is 7.14. The summed E-state index contributed by atoms with van der Waals surface area (Å²) in [5, 5.41) is 13.1. The van der Waals surface area contributed by atoms with E-state index in [9.17, 15) is 5.11 Å². The lowest BCUT2D eigenvalue weighted by Gasteiger charge is -2.34. The summed E-state index contributed by atoms with van der Waals surface area (Å²) in [6.07, 6.45) is 2.28. The van der Waals surface area contributed by atoms with E-state index in [1.807, 2.05) is 0 Å². The molecule has 0 aliphatic carbocycles. The zero-order valence-electron chi connectivity index (χ0n) is 12.0. The summed E-state index contributed by atoms with van der Waals surface area (Å²) in [6, 6.07) is 0. The monoisotopic (exact) mass is 243 g/mol. The number of rotatable bonds is 8. The van der Waals surface area contributed by atoms with Crippen LogP contribution in [0.4, 0.5) is 0 Å². The van der Waals surface area contributed by atoms with Crippen LogP contribution in [-0.2, 0) is 4.74 Å². The first kappa shape index (κ1) is 16.6. The molecule has 0 aromatic rings. The van der Waals surface area contributed by atoms with E-state index in [1.54, 1.807) is 6.08 Å². The quantitative estimate of drug-likeness (QED) is 0.508. The van der Waals surface area contributed by atoms with Crippen LogP contribution in [0.1, 0.15) is 41.0 Å². The molecule has 17 heavy (non-hydrogen) atoms. The summed E-state index contributed by atoms with van der Waals surface area (Å²) in [4.78, 5) is 0. The normalized spacial score (nSPS) is 14.7. The summed E-state index contributed by atoms with van der Waals surface area (Å²) >= 11 is 0. The lowest BCUT2D eigenvalue weighted by molar-refractivity contribution is 0.0437. The highest BCUT2D eigenvalue weighted by atomic mass is 16.5. The molecule has 0 saturated carbocycles. The number of aliphatic hydroxyl groups is 1. The van der Waals surface area contributed by atoms with Crippen molar-refractivity contribution in [2.45, 2.75) is 52.7 Å². The number of ether oxygens (including phenoxy) is 1. The van der Waals surface area contributed by atoms with Crippen molar-refractivity contribution in [2.24, 2.45) is 5.41 Å². The maximum Gasteiger partial charge on any atom is 0.0898 e. The van der Waals surface area contributed by atoms with Gasteiger partial charge in [0, 0.05) is 12.1 Å². The first-order valence-electron chi connectivity index (χ1n) is 6.28. The summed E-state index contributed by atoms with van der Waals surface area (Å²) in [6.45, 7) is 15.9. The molecular formula is C14H29NO2. The van der Waals surface area contributed by atoms with Crippen LogP contribution in [-0.4, -0.2) is 36.5 Å². The average Bonchev–Trinajstić information content (AvgIpc) is 2.12. The van der Waals surface area contributed by atoms with Crippen LogP contribution in [0.15, 0.2) is 12.7 Å². The third kappa shape index (κ3) is 10.5. The molecule has 0 fully saturated rings. The van der Waals surface area contributed by atoms with Gasteiger partial charge in [0.1, 0.15) is 0 Å². The second-order valence-corrected chi connectivity index (χ2v) is 6.48. The molecule has 0 aliphatic rings. The molecule has 0 rings (SSSR count). The van der Waals surface area contributed by atoms with Crippen molar-refractivity contribution in [1.82, 2.24) is 5.32 Å². The fourth-order valence-corrected chi connectivity index (χ4v) is 2.13. The zero-order chi connectivity index (χ0) is 13.5. The molecule has 1 unspecified atom stereocenters. The van der Waals surface area contributed by atoms with E-state index >= 15 is 0 Å². The van der Waals surface area contributed by atoms with Gasteiger partial charge < -0.3 is 15.2 Å². The summed E-state index contributed by atoms with van der Waals surface area (Å²) in [5.41, 5.74) is 0.304. The Morgan fingerprint density at radius 1 is 1.29 bits per heavy atom. The number of hydrogen-bond acceptors (Lipinski definition) is 3. The molecule has 102 valence electrons. The van der Waals surface area contributed by atoms with E-state index in [0.29, 0.717) is 19.8 Å². The highest BCUT2D eigenvalue weighted by Gasteiger charge is 2.25. The molecule has 0 spiro atoms. The molecule has 0 bridgehead atoms. The molecule has 0 amide bonds. The highest BCUT2D eigenvalue weighted by Crippen LogP contribution is 2.26. The van der Waals surface area contributed by atoms with Crippen LogP contribution >= 0.6 is 0 Å². The predicted octanol–water partition coefficient (Wildman–Crippen LogP) is 2.35. The SMILES string of the molecule is C=CCOCC(O)CNC(C)(C)CC(C)(C)C. The molecule has 0 heterocycles. The zero-order valence-corrected chi connectivity index (χ0v) is 12.0. The first-order valence-corrected chi connectivity index (χ1v) is 6.28. The van der Waals surface area contributed by atoms with Crippen molar-refractivity contribution in [3.8, 4) is 0 Å². The Bertz CT molecular complexity index is 219. The van der Waals surface area contributed by atoms with Crippen LogP contribution < -0.4 is 5.32 Å². The average molecular weight is 243 g/mol. The largest absolute Gasteiger partial charge is 0.389 e. The van der Waals surface area contributed by atoms with E-state index in [-0.39, 0.29) is 11.0 Å². The van der Waals surface area contributed by atoms with Crippen molar-refractivity contribution < 1.29 is 9.84 Å². The van der Waals surface area contributed by atoms with Crippen molar-refractivity contribution in [1.29, 1.82) is 0 Å². The fourth-order valence-electron chi connectivity index (χ4n) is 2.13. The predicted molar refractivity (Wildman–Crippen MR) is 73.2 cm³/mol. The fraction of sp³-hybridized carbons (Fsp3) is 0.857. The van der Waals surface area contributed by atoms with Gasteiger partial charge in [0.15, 0.2) is 0 Å². The number of aliphatic hydroxyl groups excluding tert-OH is 1. The summed E-state index contributed by atoms with van der Waals surface area (Å²) in [5.74, 6) is 0. The van der Waals surface area contributed by atoms with Gasteiger partial charge in [-0.05, 0) is 25.7 Å². The van der Waals surface area contributed by atoms with E-state index in [2.05, 4.69) is 46.5 Å². The Kier molecular flexibility index (Phi) is 6.98. The molecular weight excluding hydrogens is 214 g/mol. The topological polar surface area (TPSA) is 41.5 Å². The first-order chi connectivity index (χ1) is 7.66. The molecule has 0 aliphatic heterocycles. The molecule has 0 radical (unpaired) electrons. The van der Waals surface area contributed by atoms with Gasteiger partial charge in [0.2, 0.25) is 0 Å². The van der Waals surface area contributed by atoms with Gasteiger partial charge >= 0.3 is 0 Å². The molecule has 0 aromatic carbocycles. The molecule has 3 nitrogen and oxygen atoms in total. The van der Waals surface area contributed by atoms with Crippen LogP contribution in [0, 0.1) is 5.41 Å². The Balaban J connectivity index is 3.88. The van der Waals surface area contributed by atoms with Gasteiger partial charge in [0.05, 0.1) is 19.3 Å². The maximum absolute atomic E-state index is 9.72. The minimum atomic E-state index is -0.464. The minimum Gasteiger partial charge on any atom is -0.389 e. The number of hydrogen-bond donors (Lipinski definition) is 2. The van der Waals surface area contributed by atoms with E-state index in [1.165, 1.54) is 0 Å². The van der Waals surface area contributed by atoms with Crippen molar-refractivity contribution in [3.63, 3.8) is 0 Å². The Morgan fingerprint density at radius 3 is 2.35 bits per heavy atom. The van der Waals surface area contributed by atoms with E-state index in [4.69, 9.17) is 4.74 Å². The maximum atomic E-state index is 9.72. The van der Waals surface area contributed by atoms with Crippen molar-refractivity contribution in [2.75, 3.05) is 19.8 Å². The molecule has 1 atom stereocenters. The third-order valence-corrected chi connectivity index (χ3v) is 2.33. The molecule has 0 saturated heterocycles. The van der Waals surface area contributed by atoms with Crippen LogP contribution in [0.2, 0.25) is 0 Å². The minimum absolute atomic E-state index is 0.0255. The van der Waals surface area contributed by atoms with Crippen LogP contribution in [0.5, 0.6) is 0 Å². The molecule has 3 heteroatoms. The Hall–Kier alpha value is -0.380. The van der Waals surface area contributed by atoms with E-state index < -0.39 is 6.10 Å². The number of β-amino-alcohol motifs (C(OH)–C–C–N with tert-alkyl or cyclic N) is 1. The van der Waals surface area contributed by atoms with Gasteiger partial charge in [-0.15, -0.1) is 6.58 Å². The summed E-state index contributed by atoms with van der Waals surface area (Å²) in [7, 11) is 0. The third-order valence-electron chi connectivity index (χ3n) is 2.33. The van der Waals surface area contributed by atoms with Gasteiger partial charge in [-0.25, -0.2) is 0 Å². The lowest BCUT2D eigenvalue weighted by atomic mass is 9.82. The van der Waals surface area contributed by atoms with E-state index in [0.717, 1.165) is 6.42 Å². The Morgan fingerprint density at radius 2 is 1.88 bits per heavy atom. The second-order valence-electron chi connectivity index (χ2n) is 6.48. The van der Waals surface area contributed by atoms with Crippen LogP contribution in [0.3, 0.4) is 0 Å². The van der Waals surface area contributed by atoms with Gasteiger partial charge in [-0.3, -0.25) is 0 Å². The lowest BCUT2D eigenvalue weighted by Crippen LogP contribution is -2.46. The van der Waals surface area contributed by atoms with Gasteiger partial charge in [0.25, 0.3) is 0 Å². The molecule has 2 N–H and O–H groups in total. The van der Waals surface area contributed by atoms with Crippen molar-refractivity contribution >= 4 is 0 Å². The highest BCUT2D eigenvalue weighted by molar-refractivity contribution is 4.84. The smallest absolute Gasteiger partial charge is 0.0898 e. The van der Waals surface area contributed by atoms with Gasteiger partial charge in [-0.1, -0.05) is 26.8 Å². The Labute approximate surface area is 106 Å². The number of nitrogens with one attached hydrogen (secondary N) is 1.